The second kappa shape index (κ2) is 12.1. The molecule has 0 saturated carbocycles. The van der Waals surface area contributed by atoms with E-state index in [1.165, 1.54) is 37.0 Å². The number of benzene rings is 3. The van der Waals surface area contributed by atoms with Gasteiger partial charge in [-0.3, -0.25) is 4.79 Å². The molecule has 1 aliphatic rings. The molecule has 238 valence electrons. The molecule has 0 N–H and O–H groups in total. The third-order valence-corrected chi connectivity index (χ3v) is 7.79. The van der Waals surface area contributed by atoms with Gasteiger partial charge in [0.25, 0.3) is 5.95 Å². The van der Waals surface area contributed by atoms with Crippen LogP contribution in [0.5, 0.6) is 0 Å². The van der Waals surface area contributed by atoms with Gasteiger partial charge in [-0.1, -0.05) is 28.9 Å². The highest BCUT2D eigenvalue weighted by molar-refractivity contribution is 5.75. The number of hydrogen-bond donors (Lipinski definition) is 0. The van der Waals surface area contributed by atoms with E-state index >= 15 is 0 Å². The number of tetrazole rings is 1. The zero-order valence-electron chi connectivity index (χ0n) is 24.5. The van der Waals surface area contributed by atoms with Crippen molar-refractivity contribution >= 4 is 17.9 Å². The summed E-state index contributed by atoms with van der Waals surface area (Å²) in [5.74, 6) is -0.610. The van der Waals surface area contributed by atoms with Crippen LogP contribution in [0.4, 0.5) is 42.4 Å². The van der Waals surface area contributed by atoms with Gasteiger partial charge in [0.2, 0.25) is 0 Å². The molecule has 45 heavy (non-hydrogen) atoms. The van der Waals surface area contributed by atoms with Crippen LogP contribution in [-0.4, -0.2) is 33.0 Å². The summed E-state index contributed by atoms with van der Waals surface area (Å²) in [4.78, 5) is 16.0. The lowest BCUT2D eigenvalue weighted by molar-refractivity contribution is -0.138. The molecule has 0 unspecified atom stereocenters. The zero-order valence-corrected chi connectivity index (χ0v) is 24.5. The Kier molecular flexibility index (Phi) is 8.60. The van der Waals surface area contributed by atoms with E-state index < -0.39 is 35.3 Å². The summed E-state index contributed by atoms with van der Waals surface area (Å²) in [6.45, 7) is 3.21. The number of rotatable bonds is 7. The zero-order chi connectivity index (χ0) is 32.7. The van der Waals surface area contributed by atoms with Crippen molar-refractivity contribution in [3.05, 3.63) is 98.9 Å². The van der Waals surface area contributed by atoms with Crippen molar-refractivity contribution < 1.29 is 35.5 Å². The SMILES string of the molecule is Cc1cc(CN(c2nnn(C)n2)[C@H]2CCCN(Cc3ccc(F)c(C=O)c3)c3cc(C(F)(F)F)c(C)cc32)cc(C(F)(F)F)c1. The first-order chi connectivity index (χ1) is 21.1. The highest BCUT2D eigenvalue weighted by Crippen LogP contribution is 2.44. The van der Waals surface area contributed by atoms with Gasteiger partial charge in [0.05, 0.1) is 29.8 Å². The number of carbonyl (C=O) groups excluding carboxylic acids is 1. The van der Waals surface area contributed by atoms with Gasteiger partial charge in [-0.15, -0.1) is 5.10 Å². The molecule has 1 aromatic heterocycles. The van der Waals surface area contributed by atoms with Crippen molar-refractivity contribution in [1.29, 1.82) is 0 Å². The summed E-state index contributed by atoms with van der Waals surface area (Å²) in [6, 6.07) is 9.52. The van der Waals surface area contributed by atoms with Crippen molar-refractivity contribution in [1.82, 2.24) is 20.2 Å². The second-order valence-electron chi connectivity index (χ2n) is 11.2. The smallest absolute Gasteiger partial charge is 0.367 e. The van der Waals surface area contributed by atoms with Crippen LogP contribution in [0.2, 0.25) is 0 Å². The molecule has 4 aromatic rings. The standard InChI is InChI=1S/C31H29F7N6O/c1-18-9-21(13-23(10-18)30(33,34)35)16-44(29-39-41-42(3)40-29)27-5-4-8-43(15-20-6-7-26(32)22(12-20)17-45)28-14-25(31(36,37)38)19(2)11-24(27)28/h6-7,9-14,17,27H,4-5,8,15-16H2,1-3H3/t27-/m0/s1. The first-order valence-corrected chi connectivity index (χ1v) is 14.0. The summed E-state index contributed by atoms with van der Waals surface area (Å²) >= 11 is 0. The topological polar surface area (TPSA) is 67.2 Å². The summed E-state index contributed by atoms with van der Waals surface area (Å²) in [6.07, 6.45) is -8.00. The number of fused-ring (bicyclic) bond motifs is 1. The van der Waals surface area contributed by atoms with Gasteiger partial charge in [0.15, 0.2) is 6.29 Å². The monoisotopic (exact) mass is 634 g/mol. The summed E-state index contributed by atoms with van der Waals surface area (Å²) in [5, 5.41) is 12.3. The molecule has 0 fully saturated rings. The molecule has 0 saturated heterocycles. The molecular formula is C31H29F7N6O. The maximum atomic E-state index is 14.2. The van der Waals surface area contributed by atoms with E-state index in [1.54, 1.807) is 22.8 Å². The molecule has 0 aliphatic carbocycles. The molecule has 0 radical (unpaired) electrons. The van der Waals surface area contributed by atoms with Crippen molar-refractivity contribution in [2.24, 2.45) is 7.05 Å². The lowest BCUT2D eigenvalue weighted by Crippen LogP contribution is -2.30. The molecule has 14 heteroatoms. The van der Waals surface area contributed by atoms with Crippen LogP contribution in [0.1, 0.15) is 68.2 Å². The van der Waals surface area contributed by atoms with Gasteiger partial charge < -0.3 is 9.80 Å². The number of aryl methyl sites for hydroxylation is 3. The van der Waals surface area contributed by atoms with Crippen LogP contribution in [0.3, 0.4) is 0 Å². The Hall–Kier alpha value is -4.49. The number of nitrogens with zero attached hydrogens (tertiary/aromatic N) is 6. The number of hydrogen-bond acceptors (Lipinski definition) is 6. The van der Waals surface area contributed by atoms with Crippen LogP contribution < -0.4 is 9.80 Å². The van der Waals surface area contributed by atoms with Crippen LogP contribution in [-0.2, 0) is 32.5 Å². The first-order valence-electron chi connectivity index (χ1n) is 14.0. The van der Waals surface area contributed by atoms with Gasteiger partial charge in [-0.25, -0.2) is 4.39 Å². The molecule has 0 bridgehead atoms. The van der Waals surface area contributed by atoms with E-state index in [9.17, 15) is 35.5 Å². The van der Waals surface area contributed by atoms with Gasteiger partial charge in [-0.05, 0) is 84.5 Å². The Morgan fingerprint density at radius 3 is 2.38 bits per heavy atom. The van der Waals surface area contributed by atoms with Crippen LogP contribution in [0, 0.1) is 19.7 Å². The summed E-state index contributed by atoms with van der Waals surface area (Å²) in [7, 11) is 1.53. The quantitative estimate of drug-likeness (QED) is 0.156. The van der Waals surface area contributed by atoms with Crippen molar-refractivity contribution in [3.63, 3.8) is 0 Å². The average Bonchev–Trinajstić information content (AvgIpc) is 3.31. The first kappa shape index (κ1) is 31.9. The minimum Gasteiger partial charge on any atom is -0.367 e. The Labute approximate surface area is 254 Å². The minimum absolute atomic E-state index is 0.0277. The molecule has 7 nitrogen and oxygen atoms in total. The number of anilines is 2. The maximum absolute atomic E-state index is 14.2. The number of aromatic nitrogens is 4. The third kappa shape index (κ3) is 6.94. The van der Waals surface area contributed by atoms with E-state index in [4.69, 9.17) is 0 Å². The molecule has 0 spiro atoms. The average molecular weight is 635 g/mol. The summed E-state index contributed by atoms with van der Waals surface area (Å²) in [5.41, 5.74) is 0.107. The normalized spacial score (nSPS) is 15.5. The maximum Gasteiger partial charge on any atom is 0.416 e. The fourth-order valence-electron chi connectivity index (χ4n) is 5.83. The second-order valence-corrected chi connectivity index (χ2v) is 11.2. The van der Waals surface area contributed by atoms with Crippen LogP contribution in [0.15, 0.2) is 48.5 Å². The number of carbonyl (C=O) groups is 1. The predicted molar refractivity (Wildman–Crippen MR) is 152 cm³/mol. The van der Waals surface area contributed by atoms with E-state index in [2.05, 4.69) is 15.4 Å². The molecule has 5 rings (SSSR count). The number of aldehydes is 1. The van der Waals surface area contributed by atoms with E-state index in [0.717, 1.165) is 24.3 Å². The fraction of sp³-hybridized carbons (Fsp3) is 0.355. The van der Waals surface area contributed by atoms with Crippen LogP contribution in [0.25, 0.3) is 0 Å². The van der Waals surface area contributed by atoms with E-state index in [1.807, 2.05) is 0 Å². The minimum atomic E-state index is -4.66. The van der Waals surface area contributed by atoms with E-state index in [0.29, 0.717) is 47.9 Å². The Balaban J connectivity index is 1.65. The molecular weight excluding hydrogens is 605 g/mol. The lowest BCUT2D eigenvalue weighted by Gasteiger charge is -2.33. The van der Waals surface area contributed by atoms with Gasteiger partial charge in [0, 0.05) is 25.3 Å². The molecule has 1 aliphatic heterocycles. The van der Waals surface area contributed by atoms with Gasteiger partial charge in [0.1, 0.15) is 5.82 Å². The Bertz CT molecular complexity index is 1720. The van der Waals surface area contributed by atoms with E-state index in [-0.39, 0.29) is 35.9 Å². The third-order valence-electron chi connectivity index (χ3n) is 7.79. The Morgan fingerprint density at radius 2 is 1.73 bits per heavy atom. The summed E-state index contributed by atoms with van der Waals surface area (Å²) < 4.78 is 97.6. The highest BCUT2D eigenvalue weighted by Gasteiger charge is 2.37. The molecule has 0 amide bonds. The van der Waals surface area contributed by atoms with Crippen LogP contribution >= 0.6 is 0 Å². The number of halogens is 7. The largest absolute Gasteiger partial charge is 0.416 e. The van der Waals surface area contributed by atoms with Gasteiger partial charge in [-0.2, -0.15) is 31.1 Å². The number of alkyl halides is 6. The van der Waals surface area contributed by atoms with Gasteiger partial charge >= 0.3 is 12.4 Å². The Morgan fingerprint density at radius 1 is 0.978 bits per heavy atom. The molecule has 2 heterocycles. The fourth-order valence-corrected chi connectivity index (χ4v) is 5.83. The highest BCUT2D eigenvalue weighted by atomic mass is 19.4. The molecule has 3 aromatic carbocycles. The lowest BCUT2D eigenvalue weighted by atomic mass is 9.94. The predicted octanol–water partition coefficient (Wildman–Crippen LogP) is 7.36. The molecule has 1 atom stereocenters. The van der Waals surface area contributed by atoms with Crippen molar-refractivity contribution in [2.45, 2.75) is 58.2 Å². The van der Waals surface area contributed by atoms with Crippen molar-refractivity contribution in [2.75, 3.05) is 16.3 Å². The van der Waals surface area contributed by atoms with Crippen molar-refractivity contribution in [3.8, 4) is 0 Å².